The lowest BCUT2D eigenvalue weighted by Gasteiger charge is -2.46. The third kappa shape index (κ3) is 4.47. The Balaban J connectivity index is 1.58. The number of aryl methyl sites for hydroxylation is 1. The molecular formula is C29H32N2O. The minimum atomic E-state index is -0.00311. The third-order valence-corrected chi connectivity index (χ3v) is 5.94. The van der Waals surface area contributed by atoms with Gasteiger partial charge in [-0.25, -0.2) is 0 Å². The van der Waals surface area contributed by atoms with Crippen LogP contribution < -0.4 is 9.64 Å². The molecule has 1 aliphatic heterocycles. The lowest BCUT2D eigenvalue weighted by molar-refractivity contribution is 0.483. The molecule has 32 heavy (non-hydrogen) atoms. The van der Waals surface area contributed by atoms with Crippen LogP contribution in [0.5, 0.6) is 11.5 Å². The monoisotopic (exact) mass is 424 g/mol. The first-order valence-corrected chi connectivity index (χ1v) is 11.3. The Morgan fingerprint density at radius 2 is 1.56 bits per heavy atom. The van der Waals surface area contributed by atoms with E-state index in [1.807, 2.05) is 60.8 Å². The second-order valence-electron chi connectivity index (χ2n) is 9.34. The number of fused-ring (bicyclic) bond motifs is 1. The number of nitrogens with zero attached hydrogens (tertiary/aromatic N) is 2. The van der Waals surface area contributed by atoms with Crippen LogP contribution in [0.3, 0.4) is 0 Å². The highest BCUT2D eigenvalue weighted by Crippen LogP contribution is 2.41. The maximum Gasteiger partial charge on any atom is 0.127 e. The molecular weight excluding hydrogens is 392 g/mol. The molecule has 1 heterocycles. The molecule has 1 aliphatic rings. The molecule has 0 saturated carbocycles. The molecule has 0 spiro atoms. The highest BCUT2D eigenvalue weighted by atomic mass is 16.5. The van der Waals surface area contributed by atoms with Crippen LogP contribution in [-0.2, 0) is 0 Å². The first-order chi connectivity index (χ1) is 15.2. The topological polar surface area (TPSA) is 24.8 Å². The highest BCUT2D eigenvalue weighted by molar-refractivity contribution is 5.90. The quantitative estimate of drug-likeness (QED) is 0.388. The summed E-state index contributed by atoms with van der Waals surface area (Å²) in [6.45, 7) is 13.5. The molecule has 0 bridgehead atoms. The average molecular weight is 425 g/mol. The maximum atomic E-state index is 5.87. The van der Waals surface area contributed by atoms with Gasteiger partial charge in [-0.05, 0) is 107 Å². The van der Waals surface area contributed by atoms with Crippen molar-refractivity contribution < 1.29 is 4.74 Å². The summed E-state index contributed by atoms with van der Waals surface area (Å²) in [5, 5.41) is 0. The summed E-state index contributed by atoms with van der Waals surface area (Å²) < 4.78 is 5.87. The molecule has 0 saturated heterocycles. The SMILES string of the molecule is CC1=CC(C)(C)N(C(C)C)c2cc(C)c(C=Nc3ccc(Oc4ccccc4)cc3)cc21. The van der Waals surface area contributed by atoms with E-state index >= 15 is 0 Å². The number of hydrogen-bond acceptors (Lipinski definition) is 3. The standard InChI is InChI=1S/C29H32N2O/c1-20(2)31-28-16-21(3)23(17-27(28)22(4)18-29(31,5)6)19-30-24-12-14-26(15-13-24)32-25-10-8-7-9-11-25/h7-20H,1-6H3. The number of anilines is 1. The summed E-state index contributed by atoms with van der Waals surface area (Å²) in [6.07, 6.45) is 4.34. The van der Waals surface area contributed by atoms with Crippen molar-refractivity contribution in [2.45, 2.75) is 53.1 Å². The van der Waals surface area contributed by atoms with Crippen molar-refractivity contribution in [1.29, 1.82) is 0 Å². The van der Waals surface area contributed by atoms with Crippen molar-refractivity contribution in [3.8, 4) is 11.5 Å². The Labute approximate surface area is 192 Å². The highest BCUT2D eigenvalue weighted by Gasteiger charge is 2.33. The maximum absolute atomic E-state index is 5.87. The minimum absolute atomic E-state index is 0.00311. The molecule has 0 aromatic heterocycles. The fourth-order valence-corrected chi connectivity index (χ4v) is 4.66. The lowest BCUT2D eigenvalue weighted by atomic mass is 9.86. The van der Waals surface area contributed by atoms with Gasteiger partial charge >= 0.3 is 0 Å². The van der Waals surface area contributed by atoms with E-state index in [0.717, 1.165) is 22.7 Å². The molecule has 164 valence electrons. The van der Waals surface area contributed by atoms with E-state index in [1.54, 1.807) is 0 Å². The summed E-state index contributed by atoms with van der Waals surface area (Å²) >= 11 is 0. The second kappa shape index (κ2) is 8.66. The van der Waals surface area contributed by atoms with E-state index in [4.69, 9.17) is 9.73 Å². The van der Waals surface area contributed by atoms with Gasteiger partial charge in [0.15, 0.2) is 0 Å². The average Bonchev–Trinajstić information content (AvgIpc) is 2.73. The van der Waals surface area contributed by atoms with Crippen molar-refractivity contribution in [1.82, 2.24) is 0 Å². The van der Waals surface area contributed by atoms with E-state index in [0.29, 0.717) is 6.04 Å². The van der Waals surface area contributed by atoms with Crippen molar-refractivity contribution in [2.24, 2.45) is 4.99 Å². The number of allylic oxidation sites excluding steroid dienone is 1. The van der Waals surface area contributed by atoms with Gasteiger partial charge in [0.25, 0.3) is 0 Å². The van der Waals surface area contributed by atoms with Crippen LogP contribution in [0.1, 0.15) is 51.3 Å². The first kappa shape index (κ1) is 21.9. The lowest BCUT2D eigenvalue weighted by Crippen LogP contribution is -2.49. The van der Waals surface area contributed by atoms with Crippen LogP contribution in [0.15, 0.2) is 77.8 Å². The normalized spacial score (nSPS) is 15.1. The number of benzene rings is 3. The molecule has 3 aromatic rings. The molecule has 0 fully saturated rings. The summed E-state index contributed by atoms with van der Waals surface area (Å²) in [5.41, 5.74) is 7.19. The van der Waals surface area contributed by atoms with Gasteiger partial charge in [-0.3, -0.25) is 4.99 Å². The fourth-order valence-electron chi connectivity index (χ4n) is 4.66. The molecule has 3 nitrogen and oxygen atoms in total. The van der Waals surface area contributed by atoms with E-state index < -0.39 is 0 Å². The molecule has 4 rings (SSSR count). The number of para-hydroxylation sites is 1. The zero-order valence-electron chi connectivity index (χ0n) is 19.9. The van der Waals surface area contributed by atoms with Gasteiger partial charge in [0.05, 0.1) is 11.2 Å². The fraction of sp³-hybridized carbons (Fsp3) is 0.276. The number of aliphatic imine (C=N–C) groups is 1. The van der Waals surface area contributed by atoms with E-state index in [1.165, 1.54) is 22.4 Å². The van der Waals surface area contributed by atoms with Crippen LogP contribution in [0, 0.1) is 6.92 Å². The molecule has 3 aromatic carbocycles. The Bertz CT molecular complexity index is 1160. The summed E-state index contributed by atoms with van der Waals surface area (Å²) in [4.78, 5) is 7.24. The van der Waals surface area contributed by atoms with Crippen LogP contribution in [0.25, 0.3) is 5.57 Å². The smallest absolute Gasteiger partial charge is 0.127 e. The van der Waals surface area contributed by atoms with Crippen LogP contribution in [0.2, 0.25) is 0 Å². The first-order valence-electron chi connectivity index (χ1n) is 11.3. The predicted molar refractivity (Wildman–Crippen MR) is 137 cm³/mol. The zero-order valence-corrected chi connectivity index (χ0v) is 19.9. The van der Waals surface area contributed by atoms with Crippen LogP contribution in [0.4, 0.5) is 11.4 Å². The molecule has 0 N–H and O–H groups in total. The van der Waals surface area contributed by atoms with Crippen molar-refractivity contribution in [3.05, 3.63) is 89.5 Å². The Morgan fingerprint density at radius 3 is 2.22 bits per heavy atom. The summed E-state index contributed by atoms with van der Waals surface area (Å²) in [7, 11) is 0. The molecule has 0 aliphatic carbocycles. The minimum Gasteiger partial charge on any atom is -0.457 e. The molecule has 0 amide bonds. The predicted octanol–water partition coefficient (Wildman–Crippen LogP) is 7.95. The van der Waals surface area contributed by atoms with Crippen molar-refractivity contribution >= 4 is 23.2 Å². The summed E-state index contributed by atoms with van der Waals surface area (Å²) in [6, 6.07) is 22.7. The van der Waals surface area contributed by atoms with Crippen LogP contribution >= 0.6 is 0 Å². The Hall–Kier alpha value is -3.33. The number of ether oxygens (including phenoxy) is 1. The Morgan fingerprint density at radius 1 is 0.906 bits per heavy atom. The number of rotatable bonds is 5. The largest absolute Gasteiger partial charge is 0.457 e. The van der Waals surface area contributed by atoms with Crippen molar-refractivity contribution in [3.63, 3.8) is 0 Å². The molecule has 0 radical (unpaired) electrons. The van der Waals surface area contributed by atoms with Gasteiger partial charge < -0.3 is 9.64 Å². The van der Waals surface area contributed by atoms with Gasteiger partial charge in [-0.1, -0.05) is 24.3 Å². The molecule has 0 unspecified atom stereocenters. The van der Waals surface area contributed by atoms with Gasteiger partial charge in [-0.2, -0.15) is 0 Å². The van der Waals surface area contributed by atoms with Gasteiger partial charge in [0.2, 0.25) is 0 Å². The summed E-state index contributed by atoms with van der Waals surface area (Å²) in [5.74, 6) is 1.63. The molecule has 3 heteroatoms. The Kier molecular flexibility index (Phi) is 5.92. The second-order valence-corrected chi connectivity index (χ2v) is 9.34. The molecule has 0 atom stereocenters. The third-order valence-electron chi connectivity index (χ3n) is 5.94. The van der Waals surface area contributed by atoms with Gasteiger partial charge in [0.1, 0.15) is 11.5 Å². The van der Waals surface area contributed by atoms with Crippen LogP contribution in [-0.4, -0.2) is 17.8 Å². The van der Waals surface area contributed by atoms with Gasteiger partial charge in [0, 0.05) is 23.5 Å². The van der Waals surface area contributed by atoms with Crippen molar-refractivity contribution in [2.75, 3.05) is 4.90 Å². The van der Waals surface area contributed by atoms with E-state index in [2.05, 4.69) is 64.7 Å². The van der Waals surface area contributed by atoms with E-state index in [9.17, 15) is 0 Å². The zero-order chi connectivity index (χ0) is 22.9. The van der Waals surface area contributed by atoms with Gasteiger partial charge in [-0.15, -0.1) is 0 Å². The van der Waals surface area contributed by atoms with E-state index in [-0.39, 0.29) is 5.54 Å². The number of hydrogen-bond donors (Lipinski definition) is 0.